The van der Waals surface area contributed by atoms with Crippen LogP contribution in [0.15, 0.2) is 18.5 Å². The summed E-state index contributed by atoms with van der Waals surface area (Å²) in [7, 11) is 3.41. The minimum Gasteiger partial charge on any atom is -0.494 e. The second kappa shape index (κ2) is 7.76. The zero-order chi connectivity index (χ0) is 19.7. The van der Waals surface area contributed by atoms with Gasteiger partial charge in [-0.15, -0.1) is 0 Å². The van der Waals surface area contributed by atoms with Crippen LogP contribution in [0.3, 0.4) is 0 Å². The van der Waals surface area contributed by atoms with E-state index >= 15 is 0 Å². The standard InChI is InChI=1S/C19H24ClN3O4/c1-11-5-8-23(19(25)27-12(2)20)10-14(11)17(24)16-13-6-7-22(3)18(13)21-9-15(16)26-4/h6-7,9,11-12,14H,5,8,10H2,1-4H3/t11?,12?,14-/m1/s1. The summed E-state index contributed by atoms with van der Waals surface area (Å²) in [6.07, 6.45) is 3.66. The Balaban J connectivity index is 1.94. The predicted molar refractivity (Wildman–Crippen MR) is 102 cm³/mol. The molecule has 27 heavy (non-hydrogen) atoms. The number of aryl methyl sites for hydroxylation is 1. The summed E-state index contributed by atoms with van der Waals surface area (Å²) in [4.78, 5) is 31.6. The molecule has 7 nitrogen and oxygen atoms in total. The number of piperidine rings is 1. The summed E-state index contributed by atoms with van der Waals surface area (Å²) in [6.45, 7) is 4.46. The normalized spacial score (nSPS) is 21.1. The number of Topliss-reactive ketones (excluding diaryl/α,β-unsaturated/α-hetero) is 1. The summed E-state index contributed by atoms with van der Waals surface area (Å²) in [6, 6.07) is 1.87. The minimum atomic E-state index is -0.713. The maximum absolute atomic E-state index is 13.5. The first-order chi connectivity index (χ1) is 12.8. The van der Waals surface area contributed by atoms with Crippen LogP contribution in [0.5, 0.6) is 5.75 Å². The number of aromatic nitrogens is 2. The van der Waals surface area contributed by atoms with Gasteiger partial charge >= 0.3 is 6.09 Å². The van der Waals surface area contributed by atoms with Crippen LogP contribution < -0.4 is 4.74 Å². The van der Waals surface area contributed by atoms with Gasteiger partial charge in [0.15, 0.2) is 11.3 Å². The Kier molecular flexibility index (Phi) is 5.60. The van der Waals surface area contributed by atoms with E-state index in [0.717, 1.165) is 11.0 Å². The van der Waals surface area contributed by atoms with E-state index in [0.29, 0.717) is 30.8 Å². The maximum atomic E-state index is 13.5. The van der Waals surface area contributed by atoms with Gasteiger partial charge in [0.1, 0.15) is 11.4 Å². The topological polar surface area (TPSA) is 73.7 Å². The Morgan fingerprint density at radius 3 is 2.81 bits per heavy atom. The van der Waals surface area contributed by atoms with Gasteiger partial charge in [0.25, 0.3) is 0 Å². The Morgan fingerprint density at radius 2 is 2.15 bits per heavy atom. The van der Waals surface area contributed by atoms with Crippen molar-refractivity contribution < 1.29 is 19.1 Å². The molecule has 0 spiro atoms. The molecule has 1 fully saturated rings. The molecule has 0 N–H and O–H groups in total. The molecule has 3 rings (SSSR count). The van der Waals surface area contributed by atoms with Crippen molar-refractivity contribution >= 4 is 34.5 Å². The Morgan fingerprint density at radius 1 is 1.41 bits per heavy atom. The van der Waals surface area contributed by atoms with Gasteiger partial charge in [-0.3, -0.25) is 4.79 Å². The van der Waals surface area contributed by atoms with Crippen LogP contribution in [-0.4, -0.2) is 52.1 Å². The molecular weight excluding hydrogens is 370 g/mol. The van der Waals surface area contributed by atoms with Gasteiger partial charge in [-0.2, -0.15) is 0 Å². The highest BCUT2D eigenvalue weighted by molar-refractivity contribution is 6.19. The van der Waals surface area contributed by atoms with Crippen molar-refractivity contribution in [2.45, 2.75) is 25.8 Å². The van der Waals surface area contributed by atoms with E-state index in [9.17, 15) is 9.59 Å². The quantitative estimate of drug-likeness (QED) is 0.587. The number of likely N-dealkylation sites (tertiary alicyclic amines) is 1. The molecule has 2 unspecified atom stereocenters. The number of carbonyl (C=O) groups excluding carboxylic acids is 2. The van der Waals surface area contributed by atoms with Gasteiger partial charge in [0, 0.05) is 37.6 Å². The van der Waals surface area contributed by atoms with Crippen LogP contribution in [0.4, 0.5) is 4.79 Å². The SMILES string of the molecule is COc1cnc2c(ccn2C)c1C(=O)[C@@H]1CN(C(=O)OC(C)Cl)CCC1C. The van der Waals surface area contributed by atoms with Crippen LogP contribution in [-0.2, 0) is 11.8 Å². The van der Waals surface area contributed by atoms with Crippen LogP contribution >= 0.6 is 11.6 Å². The molecule has 1 amide bonds. The molecule has 0 radical (unpaired) electrons. The molecule has 1 aliphatic rings. The van der Waals surface area contributed by atoms with Crippen LogP contribution in [0, 0.1) is 11.8 Å². The third-order valence-corrected chi connectivity index (χ3v) is 5.23. The van der Waals surface area contributed by atoms with Crippen molar-refractivity contribution in [1.82, 2.24) is 14.5 Å². The summed E-state index contributed by atoms with van der Waals surface area (Å²) < 4.78 is 12.4. The fourth-order valence-corrected chi connectivity index (χ4v) is 3.65. The molecule has 0 bridgehead atoms. The molecule has 2 aromatic heterocycles. The molecule has 3 heterocycles. The Labute approximate surface area is 163 Å². The molecule has 3 atom stereocenters. The van der Waals surface area contributed by atoms with E-state index in [1.807, 2.05) is 30.8 Å². The highest BCUT2D eigenvalue weighted by atomic mass is 35.5. The average molecular weight is 394 g/mol. The Hall–Kier alpha value is -2.28. The number of pyridine rings is 1. The largest absolute Gasteiger partial charge is 0.494 e. The first-order valence-electron chi connectivity index (χ1n) is 8.95. The van der Waals surface area contributed by atoms with Crippen LogP contribution in [0.2, 0.25) is 0 Å². The lowest BCUT2D eigenvalue weighted by Crippen LogP contribution is -2.46. The number of ketones is 1. The minimum absolute atomic E-state index is 0.0469. The molecule has 0 aromatic carbocycles. The van der Waals surface area contributed by atoms with E-state index in [1.54, 1.807) is 18.0 Å². The van der Waals surface area contributed by atoms with Crippen molar-refractivity contribution in [3.63, 3.8) is 0 Å². The molecule has 1 saturated heterocycles. The fourth-order valence-electron chi connectivity index (χ4n) is 3.58. The first-order valence-corrected chi connectivity index (χ1v) is 9.39. The van der Waals surface area contributed by atoms with E-state index in [2.05, 4.69) is 4.98 Å². The van der Waals surface area contributed by atoms with Crippen molar-refractivity contribution in [1.29, 1.82) is 0 Å². The lowest BCUT2D eigenvalue weighted by molar-refractivity contribution is 0.0579. The van der Waals surface area contributed by atoms with Crippen LogP contribution in [0.1, 0.15) is 30.6 Å². The van der Waals surface area contributed by atoms with Crippen molar-refractivity contribution in [3.8, 4) is 5.75 Å². The smallest absolute Gasteiger partial charge is 0.411 e. The third kappa shape index (κ3) is 3.74. The third-order valence-electron chi connectivity index (χ3n) is 5.14. The molecule has 8 heteroatoms. The number of carbonyl (C=O) groups is 2. The molecule has 0 aliphatic carbocycles. The number of methoxy groups -OCH3 is 1. The highest BCUT2D eigenvalue weighted by Gasteiger charge is 2.37. The van der Waals surface area contributed by atoms with Gasteiger partial charge in [-0.05, 0) is 25.3 Å². The summed E-state index contributed by atoms with van der Waals surface area (Å²) >= 11 is 5.76. The predicted octanol–water partition coefficient (Wildman–Crippen LogP) is 3.44. The lowest BCUT2D eigenvalue weighted by atomic mass is 9.81. The molecule has 146 valence electrons. The molecular formula is C19H24ClN3O4. The summed E-state index contributed by atoms with van der Waals surface area (Å²) in [5.41, 5.74) is 0.519. The first kappa shape index (κ1) is 19.5. The molecule has 0 saturated carbocycles. The fraction of sp³-hybridized carbons (Fsp3) is 0.526. The number of ether oxygens (including phenoxy) is 2. The number of fused-ring (bicyclic) bond motifs is 1. The number of amides is 1. The zero-order valence-corrected chi connectivity index (χ0v) is 16.7. The van der Waals surface area contributed by atoms with E-state index < -0.39 is 11.7 Å². The monoisotopic (exact) mass is 393 g/mol. The number of hydrogen-bond donors (Lipinski definition) is 0. The lowest BCUT2D eigenvalue weighted by Gasteiger charge is -2.36. The van der Waals surface area contributed by atoms with Crippen LogP contribution in [0.25, 0.3) is 11.0 Å². The van der Waals surface area contributed by atoms with E-state index in [1.165, 1.54) is 7.11 Å². The van der Waals surface area contributed by atoms with E-state index in [-0.39, 0.29) is 17.6 Å². The van der Waals surface area contributed by atoms with Crippen molar-refractivity contribution in [2.24, 2.45) is 18.9 Å². The van der Waals surface area contributed by atoms with Gasteiger partial charge < -0.3 is 18.9 Å². The number of alkyl halides is 1. The zero-order valence-electron chi connectivity index (χ0n) is 15.9. The van der Waals surface area contributed by atoms with Gasteiger partial charge in [0.2, 0.25) is 0 Å². The second-order valence-electron chi connectivity index (χ2n) is 6.97. The number of nitrogens with zero attached hydrogens (tertiary/aromatic N) is 3. The number of rotatable bonds is 4. The van der Waals surface area contributed by atoms with Gasteiger partial charge in [-0.25, -0.2) is 9.78 Å². The van der Waals surface area contributed by atoms with Gasteiger partial charge in [-0.1, -0.05) is 18.5 Å². The highest BCUT2D eigenvalue weighted by Crippen LogP contribution is 2.34. The molecule has 2 aromatic rings. The Bertz CT molecular complexity index is 864. The summed E-state index contributed by atoms with van der Waals surface area (Å²) in [5.74, 6) is 0.178. The molecule has 1 aliphatic heterocycles. The van der Waals surface area contributed by atoms with Gasteiger partial charge in [0.05, 0.1) is 18.9 Å². The summed E-state index contributed by atoms with van der Waals surface area (Å²) in [5, 5.41) is 0.753. The van der Waals surface area contributed by atoms with E-state index in [4.69, 9.17) is 21.1 Å². The average Bonchev–Trinajstić information content (AvgIpc) is 3.01. The number of hydrogen-bond acceptors (Lipinski definition) is 5. The number of halogens is 1. The van der Waals surface area contributed by atoms with Crippen molar-refractivity contribution in [3.05, 3.63) is 24.0 Å². The maximum Gasteiger partial charge on any atom is 0.411 e. The van der Waals surface area contributed by atoms with Crippen molar-refractivity contribution in [2.75, 3.05) is 20.2 Å². The second-order valence-corrected chi connectivity index (χ2v) is 7.59.